The molecule has 0 saturated carbocycles. The van der Waals surface area contributed by atoms with Crippen LogP contribution in [0.3, 0.4) is 0 Å². The van der Waals surface area contributed by atoms with Crippen molar-refractivity contribution in [2.24, 2.45) is 0 Å². The van der Waals surface area contributed by atoms with Crippen molar-refractivity contribution in [3.8, 4) is 55.6 Å². The van der Waals surface area contributed by atoms with Crippen LogP contribution >= 0.6 is 0 Å². The third-order valence-corrected chi connectivity index (χ3v) is 9.44. The summed E-state index contributed by atoms with van der Waals surface area (Å²) >= 11 is 0. The maximum Gasteiger partial charge on any atom is 0.0651 e. The van der Waals surface area contributed by atoms with Crippen LogP contribution in [0.1, 0.15) is 11.0 Å². The van der Waals surface area contributed by atoms with Gasteiger partial charge in [-0.1, -0.05) is 188 Å². The zero-order valence-electron chi connectivity index (χ0n) is 36.7. The van der Waals surface area contributed by atoms with Crippen molar-refractivity contribution in [2.75, 3.05) is 4.90 Å². The lowest BCUT2D eigenvalue weighted by atomic mass is 9.88. The molecule has 0 bridgehead atoms. The Morgan fingerprint density at radius 3 is 1.58 bits per heavy atom. The van der Waals surface area contributed by atoms with Crippen molar-refractivity contribution >= 4 is 27.8 Å². The van der Waals surface area contributed by atoms with Crippen LogP contribution in [0.4, 0.5) is 17.1 Å². The van der Waals surface area contributed by atoms with Crippen molar-refractivity contribution in [2.45, 2.75) is 0 Å². The summed E-state index contributed by atoms with van der Waals surface area (Å²) in [7, 11) is 0. The van der Waals surface area contributed by atoms with E-state index in [0.717, 1.165) is 38.6 Å². The summed E-state index contributed by atoms with van der Waals surface area (Å²) in [6, 6.07) is 52.8. The third kappa shape index (κ3) is 6.42. The van der Waals surface area contributed by atoms with Gasteiger partial charge in [-0.25, -0.2) is 0 Å². The van der Waals surface area contributed by atoms with Crippen molar-refractivity contribution in [1.82, 2.24) is 0 Å². The fraction of sp³-hybridized carbons (Fsp3) is 0. The molecule has 1 nitrogen and oxygen atoms in total. The van der Waals surface area contributed by atoms with Crippen LogP contribution < -0.4 is 4.90 Å². The first-order chi connectivity index (χ1) is 29.7. The van der Waals surface area contributed by atoms with Crippen molar-refractivity contribution < 1.29 is 11.0 Å². The number of rotatable bonds is 8. The lowest BCUT2D eigenvalue weighted by molar-refractivity contribution is 1.28. The highest BCUT2D eigenvalue weighted by Crippen LogP contribution is 2.46. The summed E-state index contributed by atoms with van der Waals surface area (Å²) in [5, 5.41) is 1.82. The van der Waals surface area contributed by atoms with E-state index >= 15 is 0 Å². The molecule has 0 unspecified atom stereocenters. The molecular formula is C52H37N. The fourth-order valence-corrected chi connectivity index (χ4v) is 6.89. The minimum atomic E-state index is -0.457. The van der Waals surface area contributed by atoms with Crippen LogP contribution in [-0.4, -0.2) is 0 Å². The van der Waals surface area contributed by atoms with E-state index in [4.69, 9.17) is 1.37 Å². The zero-order chi connectivity index (χ0) is 42.4. The van der Waals surface area contributed by atoms with Gasteiger partial charge >= 0.3 is 0 Å². The Kier molecular flexibility index (Phi) is 6.57. The van der Waals surface area contributed by atoms with Crippen molar-refractivity contribution in [3.05, 3.63) is 224 Å². The average Bonchev–Trinajstić information content (AvgIpc) is 3.30. The topological polar surface area (TPSA) is 3.24 Å². The molecule has 9 aromatic rings. The molecule has 0 radical (unpaired) electrons. The third-order valence-electron chi connectivity index (χ3n) is 9.44. The van der Waals surface area contributed by atoms with Crippen LogP contribution in [0.25, 0.3) is 66.4 Å². The summed E-state index contributed by atoms with van der Waals surface area (Å²) in [5.41, 5.74) is 6.54. The van der Waals surface area contributed by atoms with Gasteiger partial charge in [0.15, 0.2) is 0 Å². The number of hydrogen-bond acceptors (Lipinski definition) is 1. The first-order valence-corrected chi connectivity index (χ1v) is 17.5. The second-order valence-corrected chi connectivity index (χ2v) is 12.7. The summed E-state index contributed by atoms with van der Waals surface area (Å²) in [6.45, 7) is 0. The standard InChI is InChI=1S/C52H37N/c1-3-16-38(17-4-1)40-32-34-45(35-33-40)53(46-23-15-22-43(37-46)44-31-30-39-18-7-8-21-42(39)36-44)52-29-14-13-28-51(52)50-27-12-11-26-49(50)48-25-10-9-24-47(48)41-19-5-2-6-20-41/h1-37H/i15D,22D,23D,32D,33D,34D,35D,37D. The number of hydrogen-bond donors (Lipinski definition) is 0. The molecule has 250 valence electrons. The highest BCUT2D eigenvalue weighted by Gasteiger charge is 2.20. The molecule has 0 aromatic heterocycles. The lowest BCUT2D eigenvalue weighted by Gasteiger charge is -2.29. The van der Waals surface area contributed by atoms with E-state index in [-0.39, 0.29) is 58.8 Å². The van der Waals surface area contributed by atoms with Gasteiger partial charge in [-0.3, -0.25) is 0 Å². The Balaban J connectivity index is 1.37. The monoisotopic (exact) mass is 683 g/mol. The van der Waals surface area contributed by atoms with E-state index in [1.54, 1.807) is 42.5 Å². The summed E-state index contributed by atoms with van der Waals surface area (Å²) < 4.78 is 75.8. The second kappa shape index (κ2) is 14.3. The van der Waals surface area contributed by atoms with Gasteiger partial charge in [0.1, 0.15) is 0 Å². The molecule has 0 atom stereocenters. The second-order valence-electron chi connectivity index (χ2n) is 12.7. The highest BCUT2D eigenvalue weighted by atomic mass is 15.1. The Morgan fingerprint density at radius 1 is 0.321 bits per heavy atom. The number of fused-ring (bicyclic) bond motifs is 1. The van der Waals surface area contributed by atoms with Crippen LogP contribution in [0.2, 0.25) is 0 Å². The molecule has 0 saturated heterocycles. The molecule has 0 fully saturated rings. The van der Waals surface area contributed by atoms with Gasteiger partial charge in [-0.15, -0.1) is 0 Å². The van der Waals surface area contributed by atoms with Crippen molar-refractivity contribution in [1.29, 1.82) is 0 Å². The number of benzene rings is 9. The Labute approximate surface area is 323 Å². The van der Waals surface area contributed by atoms with Gasteiger partial charge in [0.05, 0.1) is 16.7 Å². The van der Waals surface area contributed by atoms with E-state index < -0.39 is 12.1 Å². The molecule has 0 aliphatic heterocycles. The van der Waals surface area contributed by atoms with Gasteiger partial charge in [-0.05, 0) is 97.1 Å². The maximum absolute atomic E-state index is 9.92. The van der Waals surface area contributed by atoms with Crippen LogP contribution in [0.5, 0.6) is 0 Å². The SMILES string of the molecule is [2H]c1c([2H])c(-c2ccc3ccccc3c2)c([2H])c(N(c2ccccc2-c2ccccc2-c2ccccc2-c2ccccc2)c2c([2H])c([2H])c(-c3ccccc3)c([2H])c2[2H])c1[2H]. The molecule has 0 aliphatic rings. The predicted octanol–water partition coefficient (Wildman–Crippen LogP) is 14.6. The van der Waals surface area contributed by atoms with E-state index in [9.17, 15) is 9.60 Å². The molecule has 9 aromatic carbocycles. The van der Waals surface area contributed by atoms with E-state index in [2.05, 4.69) is 24.3 Å². The van der Waals surface area contributed by atoms with Gasteiger partial charge in [0.25, 0.3) is 0 Å². The highest BCUT2D eigenvalue weighted by molar-refractivity contribution is 5.97. The smallest absolute Gasteiger partial charge is 0.0651 e. The molecule has 0 amide bonds. The average molecular weight is 684 g/mol. The molecule has 0 spiro atoms. The molecule has 9 rings (SSSR count). The molecule has 0 aliphatic carbocycles. The van der Waals surface area contributed by atoms with Gasteiger partial charge in [0, 0.05) is 16.9 Å². The van der Waals surface area contributed by atoms with Gasteiger partial charge < -0.3 is 4.90 Å². The minimum Gasteiger partial charge on any atom is -0.310 e. The summed E-state index contributed by atoms with van der Waals surface area (Å²) in [4.78, 5) is 1.44. The normalized spacial score (nSPS) is 13.1. The zero-order valence-corrected chi connectivity index (χ0v) is 28.7. The Hall–Kier alpha value is -6.96. The number of anilines is 3. The summed E-state index contributed by atoms with van der Waals surface area (Å²) in [5.74, 6) is 0. The Morgan fingerprint density at radius 2 is 0.868 bits per heavy atom. The van der Waals surface area contributed by atoms with E-state index in [1.807, 2.05) is 109 Å². The quantitative estimate of drug-likeness (QED) is 0.154. The van der Waals surface area contributed by atoms with Crippen LogP contribution in [-0.2, 0) is 0 Å². The van der Waals surface area contributed by atoms with Gasteiger partial charge in [-0.2, -0.15) is 0 Å². The number of nitrogens with zero attached hydrogens (tertiary/aromatic N) is 1. The molecule has 53 heavy (non-hydrogen) atoms. The predicted molar refractivity (Wildman–Crippen MR) is 226 cm³/mol. The fourth-order valence-electron chi connectivity index (χ4n) is 6.89. The molecule has 0 heterocycles. The van der Waals surface area contributed by atoms with Crippen molar-refractivity contribution in [3.63, 3.8) is 0 Å². The largest absolute Gasteiger partial charge is 0.310 e. The first kappa shape index (κ1) is 24.3. The molecular weight excluding hydrogens is 639 g/mol. The first-order valence-electron chi connectivity index (χ1n) is 21.5. The summed E-state index contributed by atoms with van der Waals surface area (Å²) in [6.07, 6.45) is 0. The minimum absolute atomic E-state index is 0.109. The Bertz CT molecular complexity index is 3100. The van der Waals surface area contributed by atoms with E-state index in [1.165, 1.54) is 4.90 Å². The molecule has 0 N–H and O–H groups in total. The van der Waals surface area contributed by atoms with E-state index in [0.29, 0.717) is 22.4 Å². The lowest BCUT2D eigenvalue weighted by Crippen LogP contribution is -2.11. The van der Waals surface area contributed by atoms with Gasteiger partial charge in [0.2, 0.25) is 0 Å². The molecule has 1 heteroatoms. The van der Waals surface area contributed by atoms with Crippen LogP contribution in [0.15, 0.2) is 224 Å². The van der Waals surface area contributed by atoms with Crippen LogP contribution in [0, 0.1) is 0 Å². The number of para-hydroxylation sites is 1. The maximum atomic E-state index is 9.92.